The molecule has 1 saturated heterocycles. The second kappa shape index (κ2) is 11.4. The highest BCUT2D eigenvalue weighted by molar-refractivity contribution is 6.71. The highest BCUT2D eigenvalue weighted by Gasteiger charge is 2.66. The van der Waals surface area contributed by atoms with Crippen LogP contribution >= 0.6 is 0 Å². The highest BCUT2D eigenvalue weighted by atomic mass is 28.4. The lowest BCUT2D eigenvalue weighted by atomic mass is 9.82. The van der Waals surface area contributed by atoms with Crippen LogP contribution in [-0.2, 0) is 28.1 Å². The fourth-order valence-electron chi connectivity index (χ4n) is 7.44. The maximum absolute atomic E-state index is 14.9. The predicted molar refractivity (Wildman–Crippen MR) is 176 cm³/mol. The molecule has 12 heteroatoms. The van der Waals surface area contributed by atoms with Gasteiger partial charge in [0.2, 0.25) is 0 Å². The summed E-state index contributed by atoms with van der Waals surface area (Å²) in [7, 11) is -2.90. The van der Waals surface area contributed by atoms with E-state index in [0.717, 1.165) is 5.39 Å². The molecule has 3 aromatic carbocycles. The third-order valence-electron chi connectivity index (χ3n) is 9.43. The molecule has 4 heterocycles. The van der Waals surface area contributed by atoms with Gasteiger partial charge >= 0.3 is 0 Å². The Labute approximate surface area is 266 Å². The average molecular weight is 637 g/mol. The molecule has 0 bridgehead atoms. The Balaban J connectivity index is 1.35. The first-order valence-electron chi connectivity index (χ1n) is 15.5. The lowest BCUT2D eigenvalue weighted by Crippen LogP contribution is -2.45. The van der Waals surface area contributed by atoms with Gasteiger partial charge in [-0.3, -0.25) is 19.2 Å². The second-order valence-electron chi connectivity index (χ2n) is 12.7. The molecule has 7 rings (SSSR count). The Morgan fingerprint density at radius 2 is 1.76 bits per heavy atom. The number of fused-ring (bicyclic) bond motifs is 3. The first-order valence-corrected chi connectivity index (χ1v) is 18.6. The molecule has 1 spiro atoms. The number of rotatable bonds is 8. The molecule has 2 N–H and O–H groups in total. The predicted octanol–water partition coefficient (Wildman–Crippen LogP) is 4.08. The third kappa shape index (κ3) is 4.80. The number of hydrogen-bond acceptors (Lipinski definition) is 8. The maximum atomic E-state index is 14.9. The van der Waals surface area contributed by atoms with Crippen LogP contribution in [0.1, 0.15) is 24.6 Å². The van der Waals surface area contributed by atoms with Crippen LogP contribution in [-0.4, -0.2) is 61.6 Å². The monoisotopic (exact) mass is 636 g/mol. The van der Waals surface area contributed by atoms with E-state index in [4.69, 9.17) is 4.74 Å². The summed E-state index contributed by atoms with van der Waals surface area (Å²) in [4.78, 5) is 41.8. The van der Waals surface area contributed by atoms with E-state index in [2.05, 4.69) is 15.4 Å². The van der Waals surface area contributed by atoms with Gasteiger partial charge in [0.1, 0.15) is 0 Å². The highest BCUT2D eigenvalue weighted by Crippen LogP contribution is 2.60. The Bertz CT molecular complexity index is 1990. The summed E-state index contributed by atoms with van der Waals surface area (Å²) in [5, 5.41) is 23.4. The van der Waals surface area contributed by atoms with Crippen molar-refractivity contribution in [3.8, 4) is 5.69 Å². The number of anilines is 2. The van der Waals surface area contributed by atoms with Crippen LogP contribution in [0.15, 0.2) is 90.0 Å². The third-order valence-corrected chi connectivity index (χ3v) is 11.9. The molecule has 2 aromatic heterocycles. The standard InChI is InChI=1S/C34H36N6O5Si/c1-22-31(46(2,3)44)30(15-17-38-21-24(16-18-41)36-37-38)45-34(22)28-19-26(40-32(42)27-12-8-7-9-23(27)20-35-40)13-14-29(28)39(33(34)43)25-10-5-4-6-11-25/h4-14,19-22,30-31,41,44H,15-18H2,1-3H3/t22-,30+,31-,34+/m0/s1. The van der Waals surface area contributed by atoms with Gasteiger partial charge in [-0.05, 0) is 55.9 Å². The molecule has 1 fully saturated rings. The summed E-state index contributed by atoms with van der Waals surface area (Å²) in [6, 6.07) is 22.3. The van der Waals surface area contributed by atoms with Gasteiger partial charge in [0.25, 0.3) is 11.5 Å². The first kappa shape index (κ1) is 30.2. The zero-order valence-electron chi connectivity index (χ0n) is 25.9. The molecule has 46 heavy (non-hydrogen) atoms. The molecule has 2 aliphatic heterocycles. The summed E-state index contributed by atoms with van der Waals surface area (Å²) in [6.07, 6.45) is 3.92. The smallest absolute Gasteiger partial charge is 0.279 e. The number of benzene rings is 3. The lowest BCUT2D eigenvalue weighted by molar-refractivity contribution is -0.145. The van der Waals surface area contributed by atoms with Crippen LogP contribution in [0.2, 0.25) is 18.6 Å². The normalized spacial score (nSPS) is 22.7. The topological polar surface area (TPSA) is 136 Å². The molecule has 0 aliphatic carbocycles. The SMILES string of the molecule is C[C@H]1[C@H]([Si](C)(C)O)[C@@H](CCn2cc(CCO)nn2)O[C@]12C(=O)N(c1ccccc1)c1ccc(-n3ncc4ccccc4c3=O)cc12. The number of ether oxygens (including phenoxy) is 1. The van der Waals surface area contributed by atoms with Gasteiger partial charge in [-0.2, -0.15) is 9.78 Å². The number of aromatic nitrogens is 5. The van der Waals surface area contributed by atoms with Crippen molar-refractivity contribution in [2.24, 2.45) is 5.92 Å². The molecule has 4 atom stereocenters. The van der Waals surface area contributed by atoms with Gasteiger partial charge in [0, 0.05) is 53.9 Å². The maximum Gasteiger partial charge on any atom is 0.279 e. The van der Waals surface area contributed by atoms with E-state index in [9.17, 15) is 19.5 Å². The number of para-hydroxylation sites is 1. The fraction of sp³-hybridized carbons (Fsp3) is 0.324. The minimum atomic E-state index is -2.90. The van der Waals surface area contributed by atoms with Crippen LogP contribution < -0.4 is 10.5 Å². The van der Waals surface area contributed by atoms with Gasteiger partial charge in [-0.25, -0.2) is 0 Å². The Hall–Kier alpha value is -4.49. The zero-order chi connectivity index (χ0) is 32.2. The van der Waals surface area contributed by atoms with E-state index in [-0.39, 0.29) is 29.5 Å². The van der Waals surface area contributed by atoms with Gasteiger partial charge in [-0.1, -0.05) is 48.5 Å². The van der Waals surface area contributed by atoms with Crippen molar-refractivity contribution < 1.29 is 19.4 Å². The minimum Gasteiger partial charge on any atom is -0.432 e. The molecule has 5 aromatic rings. The van der Waals surface area contributed by atoms with Gasteiger partial charge in [0.15, 0.2) is 13.9 Å². The van der Waals surface area contributed by atoms with E-state index in [1.165, 1.54) is 4.68 Å². The van der Waals surface area contributed by atoms with Crippen molar-refractivity contribution in [2.75, 3.05) is 11.5 Å². The molecule has 2 aliphatic rings. The molecule has 11 nitrogen and oxygen atoms in total. The van der Waals surface area contributed by atoms with Gasteiger partial charge in [-0.15, -0.1) is 5.10 Å². The van der Waals surface area contributed by atoms with E-state index in [1.807, 2.05) is 80.7 Å². The minimum absolute atomic E-state index is 0.0148. The van der Waals surface area contributed by atoms with Crippen LogP contribution in [0.4, 0.5) is 11.4 Å². The summed E-state index contributed by atoms with van der Waals surface area (Å²) in [6.45, 7) is 6.23. The van der Waals surface area contributed by atoms with Crippen molar-refractivity contribution in [3.63, 3.8) is 0 Å². The fourth-order valence-corrected chi connectivity index (χ4v) is 10.0. The summed E-state index contributed by atoms with van der Waals surface area (Å²) in [5.41, 5.74) is 1.27. The summed E-state index contributed by atoms with van der Waals surface area (Å²) >= 11 is 0. The quantitative estimate of drug-likeness (QED) is 0.243. The molecular weight excluding hydrogens is 600 g/mol. The zero-order valence-corrected chi connectivity index (χ0v) is 26.9. The largest absolute Gasteiger partial charge is 0.432 e. The van der Waals surface area contributed by atoms with Crippen molar-refractivity contribution in [1.82, 2.24) is 24.8 Å². The average Bonchev–Trinajstić information content (AvgIpc) is 3.69. The molecule has 1 amide bonds. The molecule has 0 radical (unpaired) electrons. The number of aryl methyl sites for hydroxylation is 1. The van der Waals surface area contributed by atoms with Crippen LogP contribution in [0.25, 0.3) is 16.5 Å². The van der Waals surface area contributed by atoms with E-state index < -0.39 is 20.0 Å². The summed E-state index contributed by atoms with van der Waals surface area (Å²) in [5.74, 6) is -0.615. The molecular formula is C34H36N6O5Si. The number of amides is 1. The number of aliphatic hydroxyl groups is 1. The van der Waals surface area contributed by atoms with Crippen molar-refractivity contribution in [2.45, 2.75) is 56.7 Å². The van der Waals surface area contributed by atoms with E-state index in [1.54, 1.807) is 34.1 Å². The number of hydrogen-bond donors (Lipinski definition) is 2. The molecule has 236 valence electrons. The van der Waals surface area contributed by atoms with Crippen LogP contribution in [0.5, 0.6) is 0 Å². The number of aliphatic hydroxyl groups excluding tert-OH is 1. The Morgan fingerprint density at radius 3 is 2.52 bits per heavy atom. The number of nitrogens with zero attached hydrogens (tertiary/aromatic N) is 6. The summed E-state index contributed by atoms with van der Waals surface area (Å²) < 4.78 is 10.1. The molecule has 0 saturated carbocycles. The van der Waals surface area contributed by atoms with Gasteiger partial charge in [0.05, 0.1) is 34.8 Å². The van der Waals surface area contributed by atoms with Crippen molar-refractivity contribution >= 4 is 36.4 Å². The lowest BCUT2D eigenvalue weighted by Gasteiger charge is -2.32. The van der Waals surface area contributed by atoms with Crippen molar-refractivity contribution in [3.05, 3.63) is 107 Å². The van der Waals surface area contributed by atoms with Crippen LogP contribution in [0, 0.1) is 5.92 Å². The van der Waals surface area contributed by atoms with E-state index in [0.29, 0.717) is 53.1 Å². The number of carbonyl (C=O) groups excluding carboxylic acids is 1. The van der Waals surface area contributed by atoms with Gasteiger partial charge < -0.3 is 14.6 Å². The molecule has 0 unspecified atom stereocenters. The first-order chi connectivity index (χ1) is 22.1. The second-order valence-corrected chi connectivity index (χ2v) is 16.7. The Morgan fingerprint density at radius 1 is 1.00 bits per heavy atom. The van der Waals surface area contributed by atoms with Crippen LogP contribution in [0.3, 0.4) is 0 Å². The van der Waals surface area contributed by atoms with Crippen molar-refractivity contribution in [1.29, 1.82) is 0 Å². The Kier molecular flexibility index (Phi) is 7.47. The number of carbonyl (C=O) groups is 1. The van der Waals surface area contributed by atoms with E-state index >= 15 is 0 Å².